The Hall–Kier alpha value is -3.52. The van der Waals surface area contributed by atoms with E-state index in [1.54, 1.807) is 0 Å². The van der Waals surface area contributed by atoms with E-state index < -0.39 is 66.3 Å². The summed E-state index contributed by atoms with van der Waals surface area (Å²) in [5, 5.41) is 24.2. The molecule has 1 aliphatic heterocycles. The molecule has 4 amide bonds. The predicted octanol–water partition coefficient (Wildman–Crippen LogP) is -3.42. The van der Waals surface area contributed by atoms with Gasteiger partial charge >= 0.3 is 5.97 Å². The smallest absolute Gasteiger partial charge is 0.326 e. The van der Waals surface area contributed by atoms with Crippen molar-refractivity contribution >= 4 is 29.6 Å². The highest BCUT2D eigenvalue weighted by molar-refractivity contribution is 5.95. The zero-order valence-electron chi connectivity index (χ0n) is 18.1. The number of nitrogens with zero attached hydrogens (tertiary/aromatic N) is 2. The number of imidazole rings is 1. The van der Waals surface area contributed by atoms with Gasteiger partial charge in [-0.2, -0.15) is 0 Å². The molecule has 0 saturated carbocycles. The van der Waals surface area contributed by atoms with Crippen molar-refractivity contribution in [3.63, 3.8) is 0 Å². The highest BCUT2D eigenvalue weighted by Crippen LogP contribution is 2.20. The number of carbonyl (C=O) groups is 5. The zero-order chi connectivity index (χ0) is 24.7. The van der Waals surface area contributed by atoms with Crippen LogP contribution in [0.5, 0.6) is 0 Å². The molecule has 0 radical (unpaired) electrons. The molecule has 2 heterocycles. The van der Waals surface area contributed by atoms with Gasteiger partial charge in [0.25, 0.3) is 0 Å². The van der Waals surface area contributed by atoms with E-state index >= 15 is 0 Å². The van der Waals surface area contributed by atoms with Gasteiger partial charge in [-0.15, -0.1) is 0 Å². The van der Waals surface area contributed by atoms with Crippen LogP contribution in [-0.4, -0.2) is 91.5 Å². The SMILES string of the molecule is CC(O)C(NC(=O)C(N)CC(N)=O)C(=O)N1CCCC1C(=O)NC(Cc1cnc[nH]1)C(=O)O. The molecule has 182 valence electrons. The van der Waals surface area contributed by atoms with E-state index in [9.17, 15) is 34.2 Å². The number of hydrogen-bond acceptors (Lipinski definition) is 8. The first-order valence-electron chi connectivity index (χ1n) is 10.3. The van der Waals surface area contributed by atoms with E-state index in [-0.39, 0.29) is 19.4 Å². The lowest BCUT2D eigenvalue weighted by atomic mass is 10.1. The van der Waals surface area contributed by atoms with Crippen LogP contribution in [0.1, 0.15) is 31.9 Å². The number of aromatic amines is 1. The molecule has 1 fully saturated rings. The summed E-state index contributed by atoms with van der Waals surface area (Å²) in [7, 11) is 0. The Morgan fingerprint density at radius 1 is 1.30 bits per heavy atom. The number of rotatable bonds is 11. The monoisotopic (exact) mass is 467 g/mol. The molecule has 1 aromatic heterocycles. The molecule has 14 heteroatoms. The van der Waals surface area contributed by atoms with Crippen molar-refractivity contribution in [2.45, 2.75) is 62.9 Å². The summed E-state index contributed by atoms with van der Waals surface area (Å²) in [6.07, 6.45) is 1.73. The third kappa shape index (κ3) is 6.98. The summed E-state index contributed by atoms with van der Waals surface area (Å²) >= 11 is 0. The summed E-state index contributed by atoms with van der Waals surface area (Å²) in [5.74, 6) is -4.33. The molecular formula is C19H29N7O7. The first-order valence-corrected chi connectivity index (χ1v) is 10.3. The van der Waals surface area contributed by atoms with Gasteiger partial charge in [0.15, 0.2) is 0 Å². The Kier molecular flexibility index (Phi) is 8.87. The number of likely N-dealkylation sites (tertiary alicyclic amines) is 1. The van der Waals surface area contributed by atoms with Crippen LogP contribution >= 0.6 is 0 Å². The molecule has 5 unspecified atom stereocenters. The molecule has 9 N–H and O–H groups in total. The van der Waals surface area contributed by atoms with Gasteiger partial charge in [0.1, 0.15) is 18.1 Å². The Morgan fingerprint density at radius 2 is 2.00 bits per heavy atom. The van der Waals surface area contributed by atoms with Gasteiger partial charge < -0.3 is 42.2 Å². The highest BCUT2D eigenvalue weighted by Gasteiger charge is 2.40. The van der Waals surface area contributed by atoms with Crippen molar-refractivity contribution in [3.8, 4) is 0 Å². The Morgan fingerprint density at radius 3 is 2.55 bits per heavy atom. The maximum atomic E-state index is 13.1. The molecule has 0 aliphatic carbocycles. The third-order valence-electron chi connectivity index (χ3n) is 5.24. The fraction of sp³-hybridized carbons (Fsp3) is 0.579. The van der Waals surface area contributed by atoms with E-state index in [2.05, 4.69) is 20.6 Å². The van der Waals surface area contributed by atoms with Crippen LogP contribution in [-0.2, 0) is 30.4 Å². The highest BCUT2D eigenvalue weighted by atomic mass is 16.4. The van der Waals surface area contributed by atoms with Gasteiger partial charge in [-0.1, -0.05) is 0 Å². The van der Waals surface area contributed by atoms with Gasteiger partial charge in [-0.3, -0.25) is 19.2 Å². The van der Waals surface area contributed by atoms with Crippen LogP contribution in [0, 0.1) is 0 Å². The lowest BCUT2D eigenvalue weighted by molar-refractivity contribution is -0.146. The van der Waals surface area contributed by atoms with E-state index in [0.29, 0.717) is 12.1 Å². The predicted molar refractivity (Wildman–Crippen MR) is 112 cm³/mol. The molecule has 0 bridgehead atoms. The van der Waals surface area contributed by atoms with Gasteiger partial charge in [0, 0.05) is 24.9 Å². The van der Waals surface area contributed by atoms with Crippen LogP contribution in [0.3, 0.4) is 0 Å². The molecule has 14 nitrogen and oxygen atoms in total. The van der Waals surface area contributed by atoms with Gasteiger partial charge in [0.05, 0.1) is 24.9 Å². The van der Waals surface area contributed by atoms with Crippen molar-refractivity contribution < 1.29 is 34.2 Å². The number of aliphatic hydroxyl groups excluding tert-OH is 1. The second kappa shape index (κ2) is 11.4. The minimum Gasteiger partial charge on any atom is -0.480 e. The van der Waals surface area contributed by atoms with Crippen molar-refractivity contribution in [3.05, 3.63) is 18.2 Å². The van der Waals surface area contributed by atoms with E-state index in [1.165, 1.54) is 24.3 Å². The summed E-state index contributed by atoms with van der Waals surface area (Å²) in [4.78, 5) is 68.4. The van der Waals surface area contributed by atoms with Gasteiger partial charge in [0.2, 0.25) is 23.6 Å². The Balaban J connectivity index is 2.09. The van der Waals surface area contributed by atoms with Crippen molar-refractivity contribution in [1.82, 2.24) is 25.5 Å². The van der Waals surface area contributed by atoms with Crippen LogP contribution in [0.25, 0.3) is 0 Å². The summed E-state index contributed by atoms with van der Waals surface area (Å²) < 4.78 is 0. The van der Waals surface area contributed by atoms with Crippen molar-refractivity contribution in [1.29, 1.82) is 0 Å². The Bertz CT molecular complexity index is 874. The zero-order valence-corrected chi connectivity index (χ0v) is 18.1. The standard InChI is InChI=1S/C19H29N7O7/c1-9(27)15(25-16(29)11(20)6-14(21)28)18(31)26-4-2-3-13(26)17(30)24-12(19(32)33)5-10-7-22-8-23-10/h7-9,11-13,15,27H,2-6,20H2,1H3,(H2,21,28)(H,22,23)(H,24,30)(H,25,29)(H,32,33). The second-order valence-electron chi connectivity index (χ2n) is 7.87. The van der Waals surface area contributed by atoms with Crippen molar-refractivity contribution in [2.24, 2.45) is 11.5 Å². The van der Waals surface area contributed by atoms with Crippen LogP contribution in [0.15, 0.2) is 12.5 Å². The topological polar surface area (TPSA) is 234 Å². The van der Waals surface area contributed by atoms with E-state index in [0.717, 1.165) is 0 Å². The number of nitrogens with two attached hydrogens (primary N) is 2. The molecule has 2 rings (SSSR count). The number of H-pyrrole nitrogens is 1. The van der Waals surface area contributed by atoms with Crippen LogP contribution in [0.2, 0.25) is 0 Å². The molecule has 0 spiro atoms. The Labute approximate surface area is 189 Å². The molecule has 1 saturated heterocycles. The lowest BCUT2D eigenvalue weighted by Gasteiger charge is -2.31. The minimum atomic E-state index is -1.43. The first kappa shape index (κ1) is 25.7. The quantitative estimate of drug-likeness (QED) is 0.171. The number of primary amides is 1. The van der Waals surface area contributed by atoms with E-state index in [1.807, 2.05) is 0 Å². The minimum absolute atomic E-state index is 0.0359. The number of aliphatic hydroxyl groups is 1. The number of carboxylic acids is 1. The maximum Gasteiger partial charge on any atom is 0.326 e. The molecule has 1 aliphatic rings. The molecule has 1 aromatic rings. The molecular weight excluding hydrogens is 438 g/mol. The normalized spacial score (nSPS) is 19.2. The van der Waals surface area contributed by atoms with Crippen molar-refractivity contribution in [2.75, 3.05) is 6.54 Å². The maximum absolute atomic E-state index is 13.1. The fourth-order valence-electron chi connectivity index (χ4n) is 3.52. The molecule has 33 heavy (non-hydrogen) atoms. The average molecular weight is 467 g/mol. The largest absolute Gasteiger partial charge is 0.480 e. The average Bonchev–Trinajstić information content (AvgIpc) is 3.41. The number of amides is 4. The number of carbonyl (C=O) groups excluding carboxylic acids is 4. The number of hydrogen-bond donors (Lipinski definition) is 7. The number of carboxylic acid groups (broad SMARTS) is 1. The molecule has 5 atom stereocenters. The third-order valence-corrected chi connectivity index (χ3v) is 5.24. The van der Waals surface area contributed by atoms with Crippen LogP contribution in [0.4, 0.5) is 0 Å². The number of aromatic nitrogens is 2. The van der Waals surface area contributed by atoms with Crippen LogP contribution < -0.4 is 22.1 Å². The number of aliphatic carboxylic acids is 1. The van der Waals surface area contributed by atoms with Gasteiger partial charge in [-0.05, 0) is 19.8 Å². The first-order chi connectivity index (χ1) is 15.5. The van der Waals surface area contributed by atoms with E-state index in [4.69, 9.17) is 11.5 Å². The summed E-state index contributed by atoms with van der Waals surface area (Å²) in [5.41, 5.74) is 11.1. The second-order valence-corrected chi connectivity index (χ2v) is 7.87. The lowest BCUT2D eigenvalue weighted by Crippen LogP contribution is -2.59. The summed E-state index contributed by atoms with van der Waals surface area (Å²) in [6.45, 7) is 1.44. The fourth-order valence-corrected chi connectivity index (χ4v) is 3.52. The molecule has 0 aromatic carbocycles. The summed E-state index contributed by atoms with van der Waals surface area (Å²) in [6, 6.07) is -4.98. The number of nitrogens with one attached hydrogen (secondary N) is 3. The van der Waals surface area contributed by atoms with Gasteiger partial charge in [-0.25, -0.2) is 9.78 Å².